The smallest absolute Gasteiger partial charge is 0.274 e. The molecule has 1 aromatic heterocycles. The highest BCUT2D eigenvalue weighted by atomic mass is 16.5. The number of benzene rings is 1. The number of rotatable bonds is 4. The summed E-state index contributed by atoms with van der Waals surface area (Å²) in [5.41, 5.74) is 1.80. The minimum Gasteiger partial charge on any atom is -0.376 e. The first kappa shape index (κ1) is 14.7. The Labute approximate surface area is 129 Å². The number of aromatic nitrogens is 3. The summed E-state index contributed by atoms with van der Waals surface area (Å²) in [6.45, 7) is 4.52. The number of nitrogens with one attached hydrogen (secondary N) is 1. The number of carbonyl (C=O) groups excluding carboxylic acids is 1. The second kappa shape index (κ2) is 6.27. The normalized spacial score (nSPS) is 19.1. The van der Waals surface area contributed by atoms with Crippen LogP contribution in [0.1, 0.15) is 35.9 Å². The first-order chi connectivity index (χ1) is 10.6. The Morgan fingerprint density at radius 1 is 1.36 bits per heavy atom. The Morgan fingerprint density at radius 3 is 2.82 bits per heavy atom. The maximum atomic E-state index is 12.4. The second-order valence-corrected chi connectivity index (χ2v) is 5.57. The van der Waals surface area contributed by atoms with E-state index < -0.39 is 0 Å². The Bertz CT molecular complexity index is 647. The van der Waals surface area contributed by atoms with Crippen molar-refractivity contribution in [2.45, 2.75) is 38.8 Å². The zero-order valence-electron chi connectivity index (χ0n) is 12.8. The molecule has 0 spiro atoms. The number of carbonyl (C=O) groups is 1. The van der Waals surface area contributed by atoms with E-state index in [9.17, 15) is 4.79 Å². The Balaban J connectivity index is 1.74. The molecule has 0 unspecified atom stereocenters. The second-order valence-electron chi connectivity index (χ2n) is 5.57. The number of hydrogen-bond acceptors (Lipinski definition) is 4. The van der Waals surface area contributed by atoms with Crippen LogP contribution >= 0.6 is 0 Å². The lowest BCUT2D eigenvalue weighted by Gasteiger charge is -2.19. The monoisotopic (exact) mass is 300 g/mol. The van der Waals surface area contributed by atoms with Gasteiger partial charge >= 0.3 is 0 Å². The fourth-order valence-electron chi connectivity index (χ4n) is 2.63. The van der Waals surface area contributed by atoms with Crippen molar-refractivity contribution in [3.05, 3.63) is 41.7 Å². The molecule has 1 aromatic carbocycles. The third-order valence-corrected chi connectivity index (χ3v) is 3.87. The van der Waals surface area contributed by atoms with Crippen LogP contribution in [0.2, 0.25) is 0 Å². The molecule has 1 fully saturated rings. The van der Waals surface area contributed by atoms with Crippen LogP contribution in [0.4, 0.5) is 0 Å². The molecule has 0 aliphatic carbocycles. The average molecular weight is 300 g/mol. The zero-order chi connectivity index (χ0) is 15.5. The maximum absolute atomic E-state index is 12.4. The molecule has 6 nitrogen and oxygen atoms in total. The maximum Gasteiger partial charge on any atom is 0.274 e. The van der Waals surface area contributed by atoms with Crippen LogP contribution < -0.4 is 5.32 Å². The molecule has 0 saturated carbocycles. The zero-order valence-corrected chi connectivity index (χ0v) is 12.8. The standard InChI is InChI=1S/C16H20N4O2/c1-11(14-9-6-10-22-14)17-16(21)15-12(2)18-20(19-15)13-7-4-3-5-8-13/h3-5,7-8,11,14H,6,9-10H2,1-2H3,(H,17,21)/t11-,14+/m1/s1. The molecule has 0 radical (unpaired) electrons. The fourth-order valence-corrected chi connectivity index (χ4v) is 2.63. The summed E-state index contributed by atoms with van der Waals surface area (Å²) in [5, 5.41) is 11.6. The molecule has 1 amide bonds. The van der Waals surface area contributed by atoms with Gasteiger partial charge in [-0.15, -0.1) is 5.10 Å². The first-order valence-corrected chi connectivity index (χ1v) is 7.57. The van der Waals surface area contributed by atoms with Crippen molar-refractivity contribution in [2.75, 3.05) is 6.61 Å². The predicted octanol–water partition coefficient (Wildman–Crippen LogP) is 1.87. The van der Waals surface area contributed by atoms with Gasteiger partial charge in [0, 0.05) is 6.61 Å². The molecule has 1 N–H and O–H groups in total. The van der Waals surface area contributed by atoms with Crippen molar-refractivity contribution in [2.24, 2.45) is 0 Å². The van der Waals surface area contributed by atoms with E-state index in [0.717, 1.165) is 25.1 Å². The number of amides is 1. The van der Waals surface area contributed by atoms with Crippen LogP contribution in [-0.4, -0.2) is 39.7 Å². The van der Waals surface area contributed by atoms with Crippen LogP contribution in [-0.2, 0) is 4.74 Å². The third-order valence-electron chi connectivity index (χ3n) is 3.87. The average Bonchev–Trinajstić information content (AvgIpc) is 3.17. The largest absolute Gasteiger partial charge is 0.376 e. The lowest BCUT2D eigenvalue weighted by molar-refractivity contribution is 0.0709. The van der Waals surface area contributed by atoms with E-state index in [1.165, 1.54) is 4.80 Å². The highest BCUT2D eigenvalue weighted by molar-refractivity contribution is 5.93. The summed E-state index contributed by atoms with van der Waals surface area (Å²) in [4.78, 5) is 13.9. The number of para-hydroxylation sites is 1. The lowest BCUT2D eigenvalue weighted by Crippen LogP contribution is -2.41. The van der Waals surface area contributed by atoms with Crippen molar-refractivity contribution < 1.29 is 9.53 Å². The van der Waals surface area contributed by atoms with Gasteiger partial charge in [0.05, 0.1) is 23.5 Å². The summed E-state index contributed by atoms with van der Waals surface area (Å²) in [6, 6.07) is 9.51. The van der Waals surface area contributed by atoms with Gasteiger partial charge in [-0.25, -0.2) is 0 Å². The molecular weight excluding hydrogens is 280 g/mol. The van der Waals surface area contributed by atoms with Gasteiger partial charge in [0.15, 0.2) is 5.69 Å². The minimum atomic E-state index is -0.206. The molecule has 0 bridgehead atoms. The van der Waals surface area contributed by atoms with Crippen LogP contribution in [0.15, 0.2) is 30.3 Å². The van der Waals surface area contributed by atoms with Crippen LogP contribution in [0.5, 0.6) is 0 Å². The molecular formula is C16H20N4O2. The highest BCUT2D eigenvalue weighted by Gasteiger charge is 2.25. The van der Waals surface area contributed by atoms with Crippen molar-refractivity contribution in [3.8, 4) is 5.69 Å². The highest BCUT2D eigenvalue weighted by Crippen LogP contribution is 2.16. The molecule has 6 heteroatoms. The van der Waals surface area contributed by atoms with E-state index >= 15 is 0 Å². The summed E-state index contributed by atoms with van der Waals surface area (Å²) in [7, 11) is 0. The summed E-state index contributed by atoms with van der Waals surface area (Å²) in [5.74, 6) is -0.206. The summed E-state index contributed by atoms with van der Waals surface area (Å²) < 4.78 is 5.60. The predicted molar refractivity (Wildman–Crippen MR) is 82.0 cm³/mol. The number of hydrogen-bond donors (Lipinski definition) is 1. The molecule has 2 heterocycles. The minimum absolute atomic E-state index is 0.0312. The van der Waals surface area contributed by atoms with Gasteiger partial charge in [-0.1, -0.05) is 18.2 Å². The molecule has 2 atom stereocenters. The van der Waals surface area contributed by atoms with Gasteiger partial charge in [-0.3, -0.25) is 4.79 Å². The third kappa shape index (κ3) is 3.01. The Kier molecular flexibility index (Phi) is 4.20. The fraction of sp³-hybridized carbons (Fsp3) is 0.438. The van der Waals surface area contributed by atoms with E-state index in [4.69, 9.17) is 4.74 Å². The van der Waals surface area contributed by atoms with Crippen molar-refractivity contribution in [1.82, 2.24) is 20.3 Å². The number of ether oxygens (including phenoxy) is 1. The van der Waals surface area contributed by atoms with E-state index in [2.05, 4.69) is 15.5 Å². The quantitative estimate of drug-likeness (QED) is 0.936. The van der Waals surface area contributed by atoms with E-state index in [1.54, 1.807) is 6.92 Å². The van der Waals surface area contributed by atoms with Gasteiger partial charge in [-0.2, -0.15) is 9.90 Å². The number of aryl methyl sites for hydroxylation is 1. The van der Waals surface area contributed by atoms with Crippen molar-refractivity contribution in [1.29, 1.82) is 0 Å². The summed E-state index contributed by atoms with van der Waals surface area (Å²) in [6.07, 6.45) is 2.12. The van der Waals surface area contributed by atoms with Crippen LogP contribution in [0.3, 0.4) is 0 Å². The molecule has 116 valence electrons. The molecule has 3 rings (SSSR count). The Hall–Kier alpha value is -2.21. The van der Waals surface area contributed by atoms with E-state index in [1.807, 2.05) is 37.3 Å². The SMILES string of the molecule is Cc1nn(-c2ccccc2)nc1C(=O)N[C@H](C)[C@@H]1CCCO1. The van der Waals surface area contributed by atoms with Gasteiger partial charge < -0.3 is 10.1 Å². The molecule has 1 aliphatic rings. The van der Waals surface area contributed by atoms with Gasteiger partial charge in [-0.05, 0) is 38.8 Å². The molecule has 2 aromatic rings. The molecule has 1 saturated heterocycles. The van der Waals surface area contributed by atoms with Crippen LogP contribution in [0, 0.1) is 6.92 Å². The first-order valence-electron chi connectivity index (χ1n) is 7.57. The van der Waals surface area contributed by atoms with Gasteiger partial charge in [0.25, 0.3) is 5.91 Å². The molecule has 1 aliphatic heterocycles. The lowest BCUT2D eigenvalue weighted by atomic mass is 10.1. The Morgan fingerprint density at radius 2 is 2.14 bits per heavy atom. The topological polar surface area (TPSA) is 69.0 Å². The van der Waals surface area contributed by atoms with Crippen molar-refractivity contribution >= 4 is 5.91 Å². The van der Waals surface area contributed by atoms with Crippen molar-refractivity contribution in [3.63, 3.8) is 0 Å². The summed E-state index contributed by atoms with van der Waals surface area (Å²) >= 11 is 0. The van der Waals surface area contributed by atoms with Gasteiger partial charge in [0.1, 0.15) is 0 Å². The number of nitrogens with zero attached hydrogens (tertiary/aromatic N) is 3. The van der Waals surface area contributed by atoms with Crippen LogP contribution in [0.25, 0.3) is 5.69 Å². The van der Waals surface area contributed by atoms with E-state index in [-0.39, 0.29) is 18.1 Å². The van der Waals surface area contributed by atoms with Gasteiger partial charge in [0.2, 0.25) is 0 Å². The molecule has 22 heavy (non-hydrogen) atoms. The van der Waals surface area contributed by atoms with E-state index in [0.29, 0.717) is 11.4 Å².